The Hall–Kier alpha value is -3.52. The van der Waals surface area contributed by atoms with Crippen LogP contribution in [0.3, 0.4) is 0 Å². The van der Waals surface area contributed by atoms with Gasteiger partial charge in [-0.15, -0.1) is 0 Å². The predicted molar refractivity (Wildman–Crippen MR) is 128 cm³/mol. The fourth-order valence-electron chi connectivity index (χ4n) is 3.90. The van der Waals surface area contributed by atoms with Gasteiger partial charge in [-0.25, -0.2) is 8.42 Å². The standard InChI is InChI=1S/C25H26N2O5S/c1-3-32-23-14-13-20(17-24(23)31-2)26-25(28)19-9-6-11-21(16-19)33(29,30)27-15-7-10-18-8-4-5-12-22(18)27/h4-6,8-9,11-14,16-17H,3,7,10,15H2,1-2H3,(H,26,28). The van der Waals surface area contributed by atoms with Crippen molar-refractivity contribution in [2.24, 2.45) is 0 Å². The summed E-state index contributed by atoms with van der Waals surface area (Å²) in [5.41, 5.74) is 2.46. The van der Waals surface area contributed by atoms with Crippen molar-refractivity contribution in [3.05, 3.63) is 77.9 Å². The van der Waals surface area contributed by atoms with Gasteiger partial charge >= 0.3 is 0 Å². The van der Waals surface area contributed by atoms with Crippen molar-refractivity contribution >= 4 is 27.3 Å². The summed E-state index contributed by atoms with van der Waals surface area (Å²) in [7, 11) is -2.29. The molecule has 172 valence electrons. The maximum atomic E-state index is 13.4. The number of ether oxygens (including phenoxy) is 2. The van der Waals surface area contributed by atoms with E-state index in [1.807, 2.05) is 31.2 Å². The maximum absolute atomic E-state index is 13.4. The Labute approximate surface area is 194 Å². The van der Waals surface area contributed by atoms with Crippen LogP contribution in [0.25, 0.3) is 0 Å². The van der Waals surface area contributed by atoms with E-state index >= 15 is 0 Å². The number of carbonyl (C=O) groups is 1. The minimum atomic E-state index is -3.81. The molecule has 33 heavy (non-hydrogen) atoms. The Bertz CT molecular complexity index is 1270. The molecule has 0 spiro atoms. The van der Waals surface area contributed by atoms with Crippen molar-refractivity contribution < 1.29 is 22.7 Å². The summed E-state index contributed by atoms with van der Waals surface area (Å²) in [4.78, 5) is 13.0. The highest BCUT2D eigenvalue weighted by molar-refractivity contribution is 7.92. The number of benzene rings is 3. The predicted octanol–water partition coefficient (Wildman–Crippen LogP) is 4.49. The molecule has 0 bridgehead atoms. The van der Waals surface area contributed by atoms with Gasteiger partial charge in [-0.05, 0) is 61.7 Å². The molecule has 3 aromatic carbocycles. The lowest BCUT2D eigenvalue weighted by atomic mass is 10.0. The second-order valence-corrected chi connectivity index (χ2v) is 9.45. The fourth-order valence-corrected chi connectivity index (χ4v) is 5.48. The molecule has 1 aliphatic rings. The Morgan fingerprint density at radius 2 is 1.85 bits per heavy atom. The van der Waals surface area contributed by atoms with Gasteiger partial charge in [0.15, 0.2) is 11.5 Å². The van der Waals surface area contributed by atoms with Crippen LogP contribution in [0.4, 0.5) is 11.4 Å². The molecule has 1 heterocycles. The first-order chi connectivity index (χ1) is 15.9. The Morgan fingerprint density at radius 3 is 2.64 bits per heavy atom. The Morgan fingerprint density at radius 1 is 1.03 bits per heavy atom. The second kappa shape index (κ2) is 9.54. The molecule has 1 N–H and O–H groups in total. The lowest BCUT2D eigenvalue weighted by molar-refractivity contribution is 0.102. The molecule has 1 aliphatic heterocycles. The van der Waals surface area contributed by atoms with Crippen molar-refractivity contribution in [1.82, 2.24) is 0 Å². The van der Waals surface area contributed by atoms with Crippen molar-refractivity contribution in [3.63, 3.8) is 0 Å². The number of methoxy groups -OCH3 is 1. The number of nitrogens with zero attached hydrogens (tertiary/aromatic N) is 1. The van der Waals surface area contributed by atoms with Gasteiger partial charge in [-0.2, -0.15) is 0 Å². The minimum Gasteiger partial charge on any atom is -0.493 e. The highest BCUT2D eigenvalue weighted by atomic mass is 32.2. The van der Waals surface area contributed by atoms with E-state index in [9.17, 15) is 13.2 Å². The van der Waals surface area contributed by atoms with Crippen molar-refractivity contribution in [1.29, 1.82) is 0 Å². The summed E-state index contributed by atoms with van der Waals surface area (Å²) < 4.78 is 39.1. The van der Waals surface area contributed by atoms with Crippen LogP contribution < -0.4 is 19.1 Å². The molecule has 0 aromatic heterocycles. The third-order valence-electron chi connectivity index (χ3n) is 5.47. The molecule has 0 fully saturated rings. The highest BCUT2D eigenvalue weighted by Crippen LogP contribution is 2.33. The zero-order valence-electron chi connectivity index (χ0n) is 18.6. The average Bonchev–Trinajstić information content (AvgIpc) is 2.84. The number of anilines is 2. The monoisotopic (exact) mass is 466 g/mol. The first-order valence-electron chi connectivity index (χ1n) is 10.8. The molecule has 0 saturated heterocycles. The summed E-state index contributed by atoms with van der Waals surface area (Å²) in [6.45, 7) is 2.77. The van der Waals surface area contributed by atoms with Crippen LogP contribution in [-0.2, 0) is 16.4 Å². The molecule has 8 heteroatoms. The van der Waals surface area contributed by atoms with Gasteiger partial charge in [0.1, 0.15) is 0 Å². The third-order valence-corrected chi connectivity index (χ3v) is 7.28. The Balaban J connectivity index is 1.59. The Kier molecular flexibility index (Phi) is 6.55. The van der Waals surface area contributed by atoms with Crippen molar-refractivity contribution in [2.75, 3.05) is 29.9 Å². The summed E-state index contributed by atoms with van der Waals surface area (Å²) >= 11 is 0. The molecular formula is C25H26N2O5S. The first kappa shape index (κ1) is 22.7. The lowest BCUT2D eigenvalue weighted by Crippen LogP contribution is -2.35. The number of aryl methyl sites for hydroxylation is 1. The van der Waals surface area contributed by atoms with Crippen LogP contribution in [0, 0.1) is 0 Å². The fraction of sp³-hybridized carbons (Fsp3) is 0.240. The van der Waals surface area contributed by atoms with Crippen molar-refractivity contribution in [2.45, 2.75) is 24.7 Å². The topological polar surface area (TPSA) is 84.9 Å². The van der Waals surface area contributed by atoms with Gasteiger partial charge < -0.3 is 14.8 Å². The largest absolute Gasteiger partial charge is 0.493 e. The molecule has 0 unspecified atom stereocenters. The quantitative estimate of drug-likeness (QED) is 0.555. The molecule has 4 rings (SSSR count). The van der Waals surface area contributed by atoms with E-state index in [1.165, 1.54) is 23.5 Å². The number of nitrogens with one attached hydrogen (secondary N) is 1. The number of amides is 1. The zero-order chi connectivity index (χ0) is 23.4. The summed E-state index contributed by atoms with van der Waals surface area (Å²) in [5, 5.41) is 2.79. The van der Waals surface area contributed by atoms with Crippen LogP contribution in [0.1, 0.15) is 29.3 Å². The van der Waals surface area contributed by atoms with Gasteiger partial charge in [-0.3, -0.25) is 9.10 Å². The van der Waals surface area contributed by atoms with Crippen LogP contribution in [0.15, 0.2) is 71.6 Å². The molecule has 1 amide bonds. The van der Waals surface area contributed by atoms with Crippen LogP contribution >= 0.6 is 0 Å². The van der Waals surface area contributed by atoms with Crippen molar-refractivity contribution in [3.8, 4) is 11.5 Å². The number of fused-ring (bicyclic) bond motifs is 1. The van der Waals surface area contributed by atoms with Gasteiger partial charge in [0.25, 0.3) is 15.9 Å². The summed E-state index contributed by atoms with van der Waals surface area (Å²) in [6.07, 6.45) is 1.59. The van der Waals surface area contributed by atoms with Crippen LogP contribution in [0.2, 0.25) is 0 Å². The molecular weight excluding hydrogens is 440 g/mol. The molecule has 0 aliphatic carbocycles. The van der Waals surface area contributed by atoms with Crippen LogP contribution in [-0.4, -0.2) is 34.6 Å². The van der Waals surface area contributed by atoms with E-state index in [0.717, 1.165) is 18.4 Å². The minimum absolute atomic E-state index is 0.0797. The van der Waals surface area contributed by atoms with E-state index in [0.29, 0.717) is 36.0 Å². The first-order valence-corrected chi connectivity index (χ1v) is 12.2. The van der Waals surface area contributed by atoms with Gasteiger partial charge in [-0.1, -0.05) is 24.3 Å². The lowest BCUT2D eigenvalue weighted by Gasteiger charge is -2.30. The number of rotatable bonds is 7. The molecule has 3 aromatic rings. The smallest absolute Gasteiger partial charge is 0.264 e. The van der Waals surface area contributed by atoms with E-state index in [-0.39, 0.29) is 10.5 Å². The van der Waals surface area contributed by atoms with E-state index in [1.54, 1.807) is 30.3 Å². The highest BCUT2D eigenvalue weighted by Gasteiger charge is 2.29. The van der Waals surface area contributed by atoms with Gasteiger partial charge in [0.2, 0.25) is 0 Å². The maximum Gasteiger partial charge on any atom is 0.264 e. The van der Waals surface area contributed by atoms with Gasteiger partial charge in [0.05, 0.1) is 24.3 Å². The number of carbonyl (C=O) groups excluding carboxylic acids is 1. The number of para-hydroxylation sites is 1. The summed E-state index contributed by atoms with van der Waals surface area (Å²) in [5.74, 6) is 0.653. The number of hydrogen-bond donors (Lipinski definition) is 1. The molecule has 0 saturated carbocycles. The molecule has 0 atom stereocenters. The zero-order valence-corrected chi connectivity index (χ0v) is 19.4. The van der Waals surface area contributed by atoms with E-state index in [4.69, 9.17) is 9.47 Å². The molecule has 0 radical (unpaired) electrons. The summed E-state index contributed by atoms with van der Waals surface area (Å²) in [6, 6.07) is 18.7. The van der Waals surface area contributed by atoms with E-state index in [2.05, 4.69) is 5.32 Å². The second-order valence-electron chi connectivity index (χ2n) is 7.59. The third kappa shape index (κ3) is 4.66. The number of hydrogen-bond acceptors (Lipinski definition) is 5. The van der Waals surface area contributed by atoms with E-state index < -0.39 is 15.9 Å². The average molecular weight is 467 g/mol. The molecule has 7 nitrogen and oxygen atoms in total. The van der Waals surface area contributed by atoms with Crippen LogP contribution in [0.5, 0.6) is 11.5 Å². The SMILES string of the molecule is CCOc1ccc(NC(=O)c2cccc(S(=O)(=O)N3CCCc4ccccc43)c2)cc1OC. The van der Waals surface area contributed by atoms with Gasteiger partial charge in [0, 0.05) is 23.9 Å². The number of sulfonamides is 1. The normalized spacial score (nSPS) is 13.2.